The van der Waals surface area contributed by atoms with Gasteiger partial charge in [0.15, 0.2) is 5.78 Å². The van der Waals surface area contributed by atoms with Crippen LogP contribution >= 0.6 is 0 Å². The van der Waals surface area contributed by atoms with Gasteiger partial charge in [-0.15, -0.1) is 0 Å². The predicted octanol–water partition coefficient (Wildman–Crippen LogP) is 2.09. The minimum absolute atomic E-state index is 0.00456. The maximum atomic E-state index is 13.2. The van der Waals surface area contributed by atoms with E-state index in [0.29, 0.717) is 19.3 Å². The Morgan fingerprint density at radius 2 is 1.89 bits per heavy atom. The normalized spacial score (nSPS) is 46.6. The summed E-state index contributed by atoms with van der Waals surface area (Å²) in [5, 5.41) is 46.7. The molecule has 8 atom stereocenters. The van der Waals surface area contributed by atoms with Crippen molar-refractivity contribution in [2.45, 2.75) is 94.7 Å². The zero-order valence-corrected chi connectivity index (χ0v) is 20.5. The molecule has 4 aliphatic rings. The van der Waals surface area contributed by atoms with Gasteiger partial charge in [-0.05, 0) is 76.3 Å². The van der Waals surface area contributed by atoms with Crippen LogP contribution in [0.25, 0.3) is 0 Å². The fourth-order valence-corrected chi connectivity index (χ4v) is 8.05. The number of aromatic nitrogens is 1. The lowest BCUT2D eigenvalue weighted by molar-refractivity contribution is -0.312. The van der Waals surface area contributed by atoms with Crippen LogP contribution in [0.15, 0.2) is 36.2 Å². The lowest BCUT2D eigenvalue weighted by Crippen LogP contribution is -2.78. The summed E-state index contributed by atoms with van der Waals surface area (Å²) in [4.78, 5) is 30.0. The van der Waals surface area contributed by atoms with E-state index >= 15 is 0 Å². The smallest absolute Gasteiger partial charge is 0.339 e. The molecule has 0 unspecified atom stereocenters. The average Bonchev–Trinajstić information content (AvgIpc) is 3.06. The van der Waals surface area contributed by atoms with Gasteiger partial charge in [0.05, 0.1) is 17.1 Å². The molecule has 4 N–H and O–H groups in total. The third-order valence-electron chi connectivity index (χ3n) is 10.3. The summed E-state index contributed by atoms with van der Waals surface area (Å²) in [5.41, 5.74) is -6.40. The van der Waals surface area contributed by atoms with Crippen LogP contribution in [0.5, 0.6) is 0 Å². The Balaban J connectivity index is 1.65. The molecule has 0 amide bonds. The number of hydrogen-bond donors (Lipinski definition) is 4. The summed E-state index contributed by atoms with van der Waals surface area (Å²) in [6.45, 7) is 4.89. The van der Waals surface area contributed by atoms with E-state index in [1.165, 1.54) is 19.3 Å². The topological polar surface area (TPSA) is 137 Å². The van der Waals surface area contributed by atoms with Gasteiger partial charge in [-0.25, -0.2) is 4.79 Å². The number of nitrogens with zero attached hydrogens (tertiary/aromatic N) is 1. The number of hydrogen-bond acceptors (Lipinski definition) is 8. The summed E-state index contributed by atoms with van der Waals surface area (Å²) >= 11 is 0. The van der Waals surface area contributed by atoms with Gasteiger partial charge in [-0.2, -0.15) is 0 Å². The first-order chi connectivity index (χ1) is 16.3. The van der Waals surface area contributed by atoms with E-state index in [1.807, 2.05) is 13.0 Å². The van der Waals surface area contributed by atoms with Crippen molar-refractivity contribution in [1.82, 2.24) is 4.98 Å². The Labute approximate surface area is 205 Å². The number of rotatable bonds is 3. The minimum atomic E-state index is -1.98. The molecule has 8 nitrogen and oxygen atoms in total. The van der Waals surface area contributed by atoms with Crippen molar-refractivity contribution >= 4 is 11.8 Å². The fourth-order valence-electron chi connectivity index (χ4n) is 8.05. The van der Waals surface area contributed by atoms with E-state index in [2.05, 4.69) is 4.98 Å². The van der Waals surface area contributed by atoms with Gasteiger partial charge in [0.25, 0.3) is 0 Å². The molecule has 1 aromatic rings. The van der Waals surface area contributed by atoms with Crippen LogP contribution < -0.4 is 0 Å². The number of aliphatic hydroxyl groups excluding tert-OH is 1. The highest BCUT2D eigenvalue weighted by Gasteiger charge is 2.81. The molecule has 0 spiro atoms. The summed E-state index contributed by atoms with van der Waals surface area (Å²) < 4.78 is 6.01. The van der Waals surface area contributed by atoms with Crippen molar-refractivity contribution in [3.63, 3.8) is 0 Å². The first-order valence-corrected chi connectivity index (χ1v) is 12.5. The molecule has 0 bridgehead atoms. The Kier molecular flexibility index (Phi) is 5.39. The highest BCUT2D eigenvalue weighted by Crippen LogP contribution is 2.70. The number of Topliss-reactive ketones (excluding diaryl/α,β-unsaturated/α-hetero) is 1. The van der Waals surface area contributed by atoms with Crippen LogP contribution in [0.1, 0.15) is 76.1 Å². The lowest BCUT2D eigenvalue weighted by atomic mass is 9.42. The zero-order chi connectivity index (χ0) is 25.4. The van der Waals surface area contributed by atoms with Gasteiger partial charge in [0.1, 0.15) is 22.9 Å². The zero-order valence-electron chi connectivity index (χ0n) is 20.5. The SMILES string of the molecule is CC(=O)[C@]1(O)CC[C@]2(O)[C@@]1(C)[C@H](OC(=O)c1cccnc1)C[C@@H]1[C@@]3(C)CC[C@H](O)CC3=CC[C@@]12O. The molecule has 1 aromatic heterocycles. The number of fused-ring (bicyclic) bond motifs is 5. The monoisotopic (exact) mass is 485 g/mol. The number of carbonyl (C=O) groups excluding carboxylic acids is 2. The molecule has 3 saturated carbocycles. The number of ether oxygens (including phenoxy) is 1. The van der Waals surface area contributed by atoms with E-state index in [4.69, 9.17) is 4.74 Å². The summed E-state index contributed by atoms with van der Waals surface area (Å²) in [6, 6.07) is 3.18. The number of ketones is 1. The third kappa shape index (κ3) is 2.97. The Morgan fingerprint density at radius 1 is 1.14 bits per heavy atom. The second kappa shape index (κ2) is 7.68. The minimum Gasteiger partial charge on any atom is -0.458 e. The van der Waals surface area contributed by atoms with E-state index < -0.39 is 57.5 Å². The van der Waals surface area contributed by atoms with Crippen molar-refractivity contribution in [2.75, 3.05) is 0 Å². The van der Waals surface area contributed by atoms with Crippen molar-refractivity contribution < 1.29 is 34.8 Å². The molecule has 4 aliphatic carbocycles. The van der Waals surface area contributed by atoms with Gasteiger partial charge in [-0.1, -0.05) is 18.6 Å². The van der Waals surface area contributed by atoms with Crippen LogP contribution in [-0.4, -0.2) is 66.2 Å². The van der Waals surface area contributed by atoms with E-state index in [-0.39, 0.29) is 31.2 Å². The van der Waals surface area contributed by atoms with Crippen LogP contribution in [-0.2, 0) is 9.53 Å². The maximum absolute atomic E-state index is 13.2. The van der Waals surface area contributed by atoms with Gasteiger partial charge in [0.2, 0.25) is 0 Å². The van der Waals surface area contributed by atoms with Crippen molar-refractivity contribution in [2.24, 2.45) is 16.7 Å². The third-order valence-corrected chi connectivity index (χ3v) is 10.3. The molecule has 3 fully saturated rings. The number of aliphatic hydroxyl groups is 4. The Morgan fingerprint density at radius 3 is 2.54 bits per heavy atom. The van der Waals surface area contributed by atoms with Crippen LogP contribution in [0.3, 0.4) is 0 Å². The second-order valence-corrected chi connectivity index (χ2v) is 11.6. The number of pyridine rings is 1. The highest BCUT2D eigenvalue weighted by molar-refractivity contribution is 5.90. The molecular formula is C27H35NO7. The maximum Gasteiger partial charge on any atom is 0.339 e. The molecule has 0 aromatic carbocycles. The Bertz CT molecular complexity index is 1090. The quantitative estimate of drug-likeness (QED) is 0.377. The molecule has 0 radical (unpaired) electrons. The van der Waals surface area contributed by atoms with E-state index in [0.717, 1.165) is 5.57 Å². The molecule has 5 rings (SSSR count). The largest absolute Gasteiger partial charge is 0.458 e. The fraction of sp³-hybridized carbons (Fsp3) is 0.667. The number of carbonyl (C=O) groups is 2. The Hall–Kier alpha value is -2.13. The van der Waals surface area contributed by atoms with Crippen LogP contribution in [0, 0.1) is 16.7 Å². The van der Waals surface area contributed by atoms with Gasteiger partial charge < -0.3 is 25.2 Å². The van der Waals surface area contributed by atoms with Crippen LogP contribution in [0.4, 0.5) is 0 Å². The van der Waals surface area contributed by atoms with E-state index in [1.54, 1.807) is 19.1 Å². The predicted molar refractivity (Wildman–Crippen MR) is 125 cm³/mol. The first kappa shape index (κ1) is 24.6. The lowest BCUT2D eigenvalue weighted by Gasteiger charge is -2.67. The standard InChI is InChI=1S/C27H35NO7/c1-16(29)25(32)10-11-27(34)24(25,3)21(35-22(31)17-5-4-12-28-15-17)14-20-23(2)8-7-19(30)13-18(23)6-9-26(20,27)33/h4-6,12,15,19-21,30,32-34H,7-11,13-14H2,1-3H3/t19-,20+,21+,23-,24-,25+,26+,27-/m0/s1. The van der Waals surface area contributed by atoms with E-state index in [9.17, 15) is 30.0 Å². The second-order valence-electron chi connectivity index (χ2n) is 11.6. The van der Waals surface area contributed by atoms with Crippen molar-refractivity contribution in [3.05, 3.63) is 41.7 Å². The molecule has 0 aliphatic heterocycles. The molecule has 8 heteroatoms. The summed E-state index contributed by atoms with van der Waals surface area (Å²) in [6.07, 6.45) is 5.28. The molecule has 190 valence electrons. The van der Waals surface area contributed by atoms with Crippen LogP contribution in [0.2, 0.25) is 0 Å². The summed E-state index contributed by atoms with van der Waals surface area (Å²) in [7, 11) is 0. The van der Waals surface area contributed by atoms with Gasteiger partial charge in [-0.3, -0.25) is 9.78 Å². The first-order valence-electron chi connectivity index (χ1n) is 12.5. The van der Waals surface area contributed by atoms with Gasteiger partial charge in [0, 0.05) is 18.3 Å². The van der Waals surface area contributed by atoms with Gasteiger partial charge >= 0.3 is 5.97 Å². The van der Waals surface area contributed by atoms with Crippen molar-refractivity contribution in [1.29, 1.82) is 0 Å². The molecule has 1 heterocycles. The molecular weight excluding hydrogens is 450 g/mol. The molecule has 35 heavy (non-hydrogen) atoms. The highest BCUT2D eigenvalue weighted by atomic mass is 16.5. The average molecular weight is 486 g/mol. The molecule has 0 saturated heterocycles. The van der Waals surface area contributed by atoms with Crippen molar-refractivity contribution in [3.8, 4) is 0 Å². The summed E-state index contributed by atoms with van der Waals surface area (Å²) in [5.74, 6) is -1.69. The number of esters is 1.